The van der Waals surface area contributed by atoms with Gasteiger partial charge in [0.05, 0.1) is 5.69 Å². The van der Waals surface area contributed by atoms with Crippen molar-refractivity contribution in [3.8, 4) is 5.75 Å². The molecule has 1 aromatic carbocycles. The van der Waals surface area contributed by atoms with Crippen molar-refractivity contribution >= 4 is 17.4 Å². The smallest absolute Gasteiger partial charge is 0.265 e. The van der Waals surface area contributed by atoms with Crippen LogP contribution in [0.4, 0.5) is 5.69 Å². The summed E-state index contributed by atoms with van der Waals surface area (Å²) in [7, 11) is 0. The van der Waals surface area contributed by atoms with E-state index in [9.17, 15) is 9.59 Å². The third-order valence-corrected chi connectivity index (χ3v) is 2.91. The number of fused-ring (bicyclic) bond motifs is 1. The molecular weight excluding hydrogens is 244 g/mol. The van der Waals surface area contributed by atoms with Crippen LogP contribution in [0.2, 0.25) is 0 Å². The lowest BCUT2D eigenvalue weighted by Gasteiger charge is -2.28. The molecule has 0 radical (unpaired) electrons. The Hall–Kier alpha value is -2.14. The van der Waals surface area contributed by atoms with Gasteiger partial charge in [-0.1, -0.05) is 6.08 Å². The van der Waals surface area contributed by atoms with Crippen molar-refractivity contribution in [1.29, 1.82) is 0 Å². The van der Waals surface area contributed by atoms with Crippen molar-refractivity contribution < 1.29 is 14.3 Å². The Kier molecular flexibility index (Phi) is 3.97. The number of hydrogen-bond acceptors (Lipinski definition) is 4. The van der Waals surface area contributed by atoms with Gasteiger partial charge in [-0.3, -0.25) is 9.59 Å². The molecule has 1 aliphatic heterocycles. The maximum atomic E-state index is 11.8. The van der Waals surface area contributed by atoms with E-state index in [0.29, 0.717) is 30.1 Å². The van der Waals surface area contributed by atoms with Crippen LogP contribution in [0.1, 0.15) is 16.8 Å². The maximum Gasteiger partial charge on any atom is 0.265 e. The summed E-state index contributed by atoms with van der Waals surface area (Å²) in [6, 6.07) is 5.08. The zero-order valence-corrected chi connectivity index (χ0v) is 10.6. The molecule has 1 amide bonds. The van der Waals surface area contributed by atoms with Crippen molar-refractivity contribution in [1.82, 2.24) is 0 Å². The second-order valence-electron chi connectivity index (χ2n) is 4.23. The topological polar surface area (TPSA) is 72.6 Å². The van der Waals surface area contributed by atoms with Gasteiger partial charge < -0.3 is 15.4 Å². The highest BCUT2D eigenvalue weighted by Gasteiger charge is 2.25. The Bertz CT molecular complexity index is 525. The van der Waals surface area contributed by atoms with Gasteiger partial charge in [0.15, 0.2) is 12.4 Å². The first-order valence-electron chi connectivity index (χ1n) is 6.08. The van der Waals surface area contributed by atoms with E-state index in [0.717, 1.165) is 0 Å². The Morgan fingerprint density at radius 1 is 1.53 bits per heavy atom. The van der Waals surface area contributed by atoms with Crippen molar-refractivity contribution in [2.45, 2.75) is 6.42 Å². The van der Waals surface area contributed by atoms with E-state index in [4.69, 9.17) is 10.5 Å². The van der Waals surface area contributed by atoms with E-state index in [2.05, 4.69) is 6.58 Å². The van der Waals surface area contributed by atoms with Crippen LogP contribution in [0.15, 0.2) is 30.9 Å². The van der Waals surface area contributed by atoms with E-state index < -0.39 is 0 Å². The summed E-state index contributed by atoms with van der Waals surface area (Å²) in [4.78, 5) is 25.2. The van der Waals surface area contributed by atoms with Crippen LogP contribution in [0.3, 0.4) is 0 Å². The summed E-state index contributed by atoms with van der Waals surface area (Å²) in [6.07, 6.45) is 1.93. The highest BCUT2D eigenvalue weighted by atomic mass is 16.5. The Balaban J connectivity index is 2.38. The number of amides is 1. The number of carbonyl (C=O) groups excluding carboxylic acids is 2. The summed E-state index contributed by atoms with van der Waals surface area (Å²) in [5.74, 6) is 0.420. The van der Waals surface area contributed by atoms with Gasteiger partial charge in [-0.25, -0.2) is 0 Å². The minimum absolute atomic E-state index is 0.0108. The third kappa shape index (κ3) is 2.66. The Morgan fingerprint density at radius 3 is 3.00 bits per heavy atom. The first-order chi connectivity index (χ1) is 9.17. The first-order valence-corrected chi connectivity index (χ1v) is 6.08. The molecule has 2 rings (SSSR count). The number of nitrogens with zero attached hydrogens (tertiary/aromatic N) is 1. The number of Topliss-reactive ketones (excluding diaryl/α,β-unsaturated/α-hetero) is 1. The molecule has 5 nitrogen and oxygen atoms in total. The molecule has 0 unspecified atom stereocenters. The normalized spacial score (nSPS) is 13.7. The van der Waals surface area contributed by atoms with Gasteiger partial charge in [0.25, 0.3) is 5.91 Å². The van der Waals surface area contributed by atoms with Crippen molar-refractivity contribution in [2.24, 2.45) is 5.73 Å². The van der Waals surface area contributed by atoms with Gasteiger partial charge in [0.2, 0.25) is 0 Å². The summed E-state index contributed by atoms with van der Waals surface area (Å²) in [6.45, 7) is 4.34. The van der Waals surface area contributed by atoms with Gasteiger partial charge in [0, 0.05) is 18.5 Å². The standard InChI is InChI=1S/C14H16N2O3/c1-2-7-16-11-8-10(12(17)5-6-15)3-4-13(11)19-9-14(16)18/h2-4,8H,1,5-7,9,15H2. The van der Waals surface area contributed by atoms with Crippen molar-refractivity contribution in [3.63, 3.8) is 0 Å². The number of hydrogen-bond donors (Lipinski definition) is 1. The number of rotatable bonds is 5. The first kappa shape index (κ1) is 13.3. The van der Waals surface area contributed by atoms with Crippen molar-refractivity contribution in [2.75, 3.05) is 24.6 Å². The molecule has 0 spiro atoms. The molecule has 0 aliphatic carbocycles. The molecule has 0 aromatic heterocycles. The van der Waals surface area contributed by atoms with Crippen molar-refractivity contribution in [3.05, 3.63) is 36.4 Å². The lowest BCUT2D eigenvalue weighted by atomic mass is 10.1. The monoisotopic (exact) mass is 260 g/mol. The van der Waals surface area contributed by atoms with E-state index in [1.165, 1.54) is 0 Å². The second kappa shape index (κ2) is 5.67. The molecule has 1 aromatic rings. The van der Waals surface area contributed by atoms with Gasteiger partial charge in [0.1, 0.15) is 5.75 Å². The number of ether oxygens (including phenoxy) is 1. The zero-order valence-electron chi connectivity index (χ0n) is 10.6. The Morgan fingerprint density at radius 2 is 2.32 bits per heavy atom. The van der Waals surface area contributed by atoms with E-state index in [-0.39, 0.29) is 24.7 Å². The molecule has 2 N–H and O–H groups in total. The fraction of sp³-hybridized carbons (Fsp3) is 0.286. The fourth-order valence-electron chi connectivity index (χ4n) is 1.98. The van der Waals surface area contributed by atoms with Crippen LogP contribution < -0.4 is 15.4 Å². The zero-order chi connectivity index (χ0) is 13.8. The van der Waals surface area contributed by atoms with Gasteiger partial charge in [-0.05, 0) is 24.7 Å². The lowest BCUT2D eigenvalue weighted by Crippen LogP contribution is -2.38. The van der Waals surface area contributed by atoms with Gasteiger partial charge >= 0.3 is 0 Å². The molecule has 0 fully saturated rings. The minimum Gasteiger partial charge on any atom is -0.482 e. The van der Waals surface area contributed by atoms with Gasteiger partial charge in [-0.15, -0.1) is 6.58 Å². The minimum atomic E-state index is -0.143. The quantitative estimate of drug-likeness (QED) is 0.636. The maximum absolute atomic E-state index is 11.8. The number of ketones is 1. The van der Waals surface area contributed by atoms with Crippen LogP contribution >= 0.6 is 0 Å². The molecule has 100 valence electrons. The number of anilines is 1. The molecule has 0 saturated carbocycles. The number of carbonyl (C=O) groups is 2. The van der Waals surface area contributed by atoms with Crippen LogP contribution in [0, 0.1) is 0 Å². The second-order valence-corrected chi connectivity index (χ2v) is 4.23. The van der Waals surface area contributed by atoms with Crippen LogP contribution in [0.25, 0.3) is 0 Å². The molecule has 19 heavy (non-hydrogen) atoms. The molecular formula is C14H16N2O3. The highest BCUT2D eigenvalue weighted by molar-refractivity contribution is 6.02. The predicted molar refractivity (Wildman–Crippen MR) is 72.5 cm³/mol. The molecule has 1 heterocycles. The largest absolute Gasteiger partial charge is 0.482 e. The van der Waals surface area contributed by atoms with Gasteiger partial charge in [-0.2, -0.15) is 0 Å². The van der Waals surface area contributed by atoms with E-state index >= 15 is 0 Å². The molecule has 0 bridgehead atoms. The summed E-state index contributed by atoms with van der Waals surface area (Å²) in [5, 5.41) is 0. The van der Waals surface area contributed by atoms with Crippen LogP contribution in [-0.4, -0.2) is 31.4 Å². The molecule has 0 atom stereocenters. The number of benzene rings is 1. The van der Waals surface area contributed by atoms with Crippen LogP contribution in [-0.2, 0) is 4.79 Å². The molecule has 0 saturated heterocycles. The predicted octanol–water partition coefficient (Wildman–Crippen LogP) is 1.13. The number of nitrogens with two attached hydrogens (primary N) is 1. The lowest BCUT2D eigenvalue weighted by molar-refractivity contribution is -0.121. The fourth-order valence-corrected chi connectivity index (χ4v) is 1.98. The average molecular weight is 260 g/mol. The summed E-state index contributed by atoms with van der Waals surface area (Å²) < 4.78 is 5.35. The average Bonchev–Trinajstić information content (AvgIpc) is 2.42. The summed E-state index contributed by atoms with van der Waals surface area (Å²) >= 11 is 0. The summed E-state index contributed by atoms with van der Waals surface area (Å²) in [5.41, 5.74) is 6.53. The Labute approximate surface area is 111 Å². The van der Waals surface area contributed by atoms with Crippen LogP contribution in [0.5, 0.6) is 5.75 Å². The third-order valence-electron chi connectivity index (χ3n) is 2.91. The SMILES string of the molecule is C=CCN1C(=O)COc2ccc(C(=O)CCN)cc21. The highest BCUT2D eigenvalue weighted by Crippen LogP contribution is 2.33. The molecule has 1 aliphatic rings. The van der Waals surface area contributed by atoms with E-state index in [1.54, 1.807) is 29.2 Å². The van der Waals surface area contributed by atoms with E-state index in [1.807, 2.05) is 0 Å². The molecule has 5 heteroatoms.